The predicted molar refractivity (Wildman–Crippen MR) is 179 cm³/mol. The third-order valence-corrected chi connectivity index (χ3v) is 7.78. The molecule has 0 aliphatic heterocycles. The van der Waals surface area contributed by atoms with Gasteiger partial charge < -0.3 is 48.3 Å². The number of unbranched alkanes of at least 4 members (excludes halogenated alkanes) is 1. The Morgan fingerprint density at radius 3 is 1.88 bits per heavy atom. The van der Waals surface area contributed by atoms with Crippen LogP contribution in [0.25, 0.3) is 0 Å². The minimum Gasteiger partial charge on any atom is -0.481 e. The van der Waals surface area contributed by atoms with Crippen molar-refractivity contribution in [1.29, 1.82) is 0 Å². The monoisotopic (exact) mass is 695 g/mol. The van der Waals surface area contributed by atoms with Crippen molar-refractivity contribution in [3.8, 4) is 0 Å². The molecule has 268 valence electrons. The largest absolute Gasteiger partial charge is 0.481 e. The molecule has 0 saturated carbocycles. The van der Waals surface area contributed by atoms with E-state index >= 15 is 0 Å². The molecule has 0 fully saturated rings. The predicted octanol–water partition coefficient (Wildman–Crippen LogP) is -1.29. The van der Waals surface area contributed by atoms with Crippen LogP contribution in [-0.4, -0.2) is 107 Å². The number of nitrogens with one attached hydrogen (secondary N) is 5. The first-order chi connectivity index (χ1) is 22.7. The van der Waals surface area contributed by atoms with E-state index < -0.39 is 90.6 Å². The maximum Gasteiger partial charge on any atom is 0.322 e. The van der Waals surface area contributed by atoms with Crippen molar-refractivity contribution in [2.75, 3.05) is 25.1 Å². The maximum atomic E-state index is 13.8. The highest BCUT2D eigenvalue weighted by atomic mass is 32.2. The zero-order valence-corrected chi connectivity index (χ0v) is 28.3. The number of hydrogen-bond donors (Lipinski definition) is 9. The van der Waals surface area contributed by atoms with E-state index in [0.29, 0.717) is 30.7 Å². The Kier molecular flexibility index (Phi) is 19.5. The lowest BCUT2D eigenvalue weighted by atomic mass is 10.00. The summed E-state index contributed by atoms with van der Waals surface area (Å²) in [5, 5.41) is 30.6. The highest BCUT2D eigenvalue weighted by Gasteiger charge is 2.33. The SMILES string of the molecule is CSCC[C@H](NC(=O)[C@H](Cc1ccccc1)NC(=O)[C@@H](NC(=O)[C@@H](N)CC(=O)O)C(C)C)C(=O)N[C@@H](CCCCN)C(=O)NCC(=O)O. The van der Waals surface area contributed by atoms with Crippen LogP contribution in [0.3, 0.4) is 0 Å². The fraction of sp³-hybridized carbons (Fsp3) is 0.581. The Bertz CT molecular complexity index is 1240. The van der Waals surface area contributed by atoms with Gasteiger partial charge in [0.25, 0.3) is 0 Å². The van der Waals surface area contributed by atoms with Crippen molar-refractivity contribution in [2.24, 2.45) is 17.4 Å². The second-order valence-corrected chi connectivity index (χ2v) is 12.5. The Hall–Kier alpha value is -4.22. The summed E-state index contributed by atoms with van der Waals surface area (Å²) in [6.07, 6.45) is 2.58. The number of nitrogens with two attached hydrogens (primary N) is 2. The van der Waals surface area contributed by atoms with Crippen molar-refractivity contribution in [1.82, 2.24) is 26.6 Å². The lowest BCUT2D eigenvalue weighted by Gasteiger charge is -2.28. The minimum atomic E-state index is -1.40. The van der Waals surface area contributed by atoms with Crippen molar-refractivity contribution < 1.29 is 43.8 Å². The van der Waals surface area contributed by atoms with Crippen LogP contribution in [0.2, 0.25) is 0 Å². The van der Waals surface area contributed by atoms with Crippen molar-refractivity contribution in [3.63, 3.8) is 0 Å². The van der Waals surface area contributed by atoms with Crippen molar-refractivity contribution >= 4 is 53.2 Å². The van der Waals surface area contributed by atoms with Gasteiger partial charge in [0.05, 0.1) is 12.5 Å². The number of carboxylic acids is 2. The van der Waals surface area contributed by atoms with Crippen LogP contribution in [0, 0.1) is 5.92 Å². The smallest absolute Gasteiger partial charge is 0.322 e. The number of carboxylic acid groups (broad SMARTS) is 2. The number of thioether (sulfide) groups is 1. The Morgan fingerprint density at radius 2 is 1.33 bits per heavy atom. The highest BCUT2D eigenvalue weighted by molar-refractivity contribution is 7.98. The third-order valence-electron chi connectivity index (χ3n) is 7.13. The normalized spacial score (nSPS) is 14.0. The Labute approximate surface area is 284 Å². The van der Waals surface area contributed by atoms with Gasteiger partial charge in [-0.2, -0.15) is 11.8 Å². The van der Waals surface area contributed by atoms with Gasteiger partial charge in [-0.25, -0.2) is 0 Å². The summed E-state index contributed by atoms with van der Waals surface area (Å²) >= 11 is 1.42. The van der Waals surface area contributed by atoms with E-state index in [1.165, 1.54) is 11.8 Å². The molecule has 0 spiro atoms. The van der Waals surface area contributed by atoms with Crippen LogP contribution in [0.4, 0.5) is 0 Å². The summed E-state index contributed by atoms with van der Waals surface area (Å²) in [5.41, 5.74) is 11.9. The van der Waals surface area contributed by atoms with Crippen LogP contribution >= 0.6 is 11.8 Å². The van der Waals surface area contributed by atoms with E-state index in [9.17, 15) is 33.6 Å². The average Bonchev–Trinajstić information content (AvgIpc) is 3.03. The van der Waals surface area contributed by atoms with Gasteiger partial charge >= 0.3 is 11.9 Å². The molecule has 0 aliphatic rings. The van der Waals surface area contributed by atoms with Crippen molar-refractivity contribution in [3.05, 3.63) is 35.9 Å². The highest BCUT2D eigenvalue weighted by Crippen LogP contribution is 2.10. The molecule has 0 radical (unpaired) electrons. The van der Waals surface area contributed by atoms with Crippen LogP contribution in [0.5, 0.6) is 0 Å². The molecular weight excluding hydrogens is 646 g/mol. The zero-order valence-electron chi connectivity index (χ0n) is 27.5. The fourth-order valence-electron chi connectivity index (χ4n) is 4.49. The van der Waals surface area contributed by atoms with Gasteiger partial charge in [0.1, 0.15) is 30.7 Å². The summed E-state index contributed by atoms with van der Waals surface area (Å²) in [4.78, 5) is 88.0. The standard InChI is InChI=1S/C31H49N7O9S/c1-18(2)26(38-27(43)20(33)16-24(39)40)31(47)37-23(15-19-9-5-4-6-10-19)30(46)36-22(12-14-48-3)29(45)35-21(11-7-8-13-32)28(44)34-17-25(41)42/h4-6,9-10,18,20-23,26H,7-8,11-17,32-33H2,1-3H3,(H,34,44)(H,35,45)(H,36,46)(H,37,47)(H,38,43)(H,39,40)(H,41,42)/t20-,21-,22-,23-,26-/m0/s1. The molecule has 48 heavy (non-hydrogen) atoms. The number of aliphatic carboxylic acids is 2. The van der Waals surface area contributed by atoms with Crippen LogP contribution < -0.4 is 38.1 Å². The molecule has 1 aromatic rings. The Morgan fingerprint density at radius 1 is 0.750 bits per heavy atom. The van der Waals surface area contributed by atoms with Gasteiger partial charge in [-0.15, -0.1) is 0 Å². The molecule has 0 bridgehead atoms. The molecular formula is C31H49N7O9S. The molecule has 5 amide bonds. The minimum absolute atomic E-state index is 0.0197. The molecule has 16 nitrogen and oxygen atoms in total. The van der Waals surface area contributed by atoms with Gasteiger partial charge in [0.15, 0.2) is 0 Å². The Balaban J connectivity index is 3.26. The first-order valence-corrected chi connectivity index (χ1v) is 17.0. The second kappa shape index (κ2) is 22.4. The lowest BCUT2D eigenvalue weighted by Crippen LogP contribution is -2.60. The molecule has 11 N–H and O–H groups in total. The molecule has 0 aromatic heterocycles. The maximum absolute atomic E-state index is 13.8. The van der Waals surface area contributed by atoms with Crippen LogP contribution in [0.15, 0.2) is 30.3 Å². The molecule has 1 rings (SSSR count). The lowest BCUT2D eigenvalue weighted by molar-refractivity contribution is -0.140. The van der Waals surface area contributed by atoms with E-state index in [-0.39, 0.29) is 19.3 Å². The van der Waals surface area contributed by atoms with Gasteiger partial charge in [0, 0.05) is 6.42 Å². The van der Waals surface area contributed by atoms with E-state index in [1.807, 2.05) is 6.26 Å². The molecule has 0 saturated heterocycles. The van der Waals surface area contributed by atoms with Crippen LogP contribution in [-0.2, 0) is 40.0 Å². The van der Waals surface area contributed by atoms with Crippen molar-refractivity contribution in [2.45, 2.75) is 82.6 Å². The first-order valence-electron chi connectivity index (χ1n) is 15.6. The summed E-state index contributed by atoms with van der Waals surface area (Å²) in [6, 6.07) is 2.79. The number of benzene rings is 1. The van der Waals surface area contributed by atoms with Gasteiger partial charge in [-0.05, 0) is 55.7 Å². The summed E-state index contributed by atoms with van der Waals surface area (Å²) in [5.74, 6) is -6.22. The van der Waals surface area contributed by atoms with Crippen LogP contribution in [0.1, 0.15) is 51.5 Å². The van der Waals surface area contributed by atoms with E-state index in [2.05, 4.69) is 26.6 Å². The van der Waals surface area contributed by atoms with Gasteiger partial charge in [-0.1, -0.05) is 44.2 Å². The zero-order chi connectivity index (χ0) is 36.2. The van der Waals surface area contributed by atoms with Gasteiger partial charge in [-0.3, -0.25) is 33.6 Å². The number of amides is 5. The number of carbonyl (C=O) groups is 7. The summed E-state index contributed by atoms with van der Waals surface area (Å²) < 4.78 is 0. The molecule has 0 heterocycles. The summed E-state index contributed by atoms with van der Waals surface area (Å²) in [6.45, 7) is 3.02. The average molecular weight is 696 g/mol. The molecule has 5 atom stereocenters. The fourth-order valence-corrected chi connectivity index (χ4v) is 4.96. The second-order valence-electron chi connectivity index (χ2n) is 11.5. The molecule has 0 unspecified atom stereocenters. The molecule has 17 heteroatoms. The first kappa shape index (κ1) is 41.8. The number of carbonyl (C=O) groups excluding carboxylic acids is 5. The summed E-state index contributed by atoms with van der Waals surface area (Å²) in [7, 11) is 0. The van der Waals surface area contributed by atoms with E-state index in [0.717, 1.165) is 0 Å². The molecule has 1 aromatic carbocycles. The third kappa shape index (κ3) is 16.1. The quantitative estimate of drug-likeness (QED) is 0.0605. The topological polar surface area (TPSA) is 272 Å². The van der Waals surface area contributed by atoms with Gasteiger partial charge in [0.2, 0.25) is 29.5 Å². The van der Waals surface area contributed by atoms with E-state index in [4.69, 9.17) is 21.7 Å². The number of hydrogen-bond acceptors (Lipinski definition) is 10. The molecule has 0 aliphatic carbocycles. The number of rotatable bonds is 23. The van der Waals surface area contributed by atoms with E-state index in [1.54, 1.807) is 44.2 Å².